The third-order valence-corrected chi connectivity index (χ3v) is 3.69. The summed E-state index contributed by atoms with van der Waals surface area (Å²) in [5.41, 5.74) is 1.57. The number of aryl methyl sites for hydroxylation is 1. The Bertz CT molecular complexity index is 782. The normalized spacial score (nSPS) is 11.0. The zero-order valence-corrected chi connectivity index (χ0v) is 12.4. The second-order valence-electron chi connectivity index (χ2n) is 4.80. The van der Waals surface area contributed by atoms with Crippen LogP contribution in [0.5, 0.6) is 5.75 Å². The Morgan fingerprint density at radius 3 is 2.71 bits per heavy atom. The van der Waals surface area contributed by atoms with Crippen molar-refractivity contribution < 1.29 is 9.13 Å². The van der Waals surface area contributed by atoms with Gasteiger partial charge in [0.15, 0.2) is 0 Å². The molecule has 0 spiro atoms. The maximum atomic E-state index is 14.0. The summed E-state index contributed by atoms with van der Waals surface area (Å²) in [6.07, 6.45) is 0. The first kappa shape index (κ1) is 14.0. The average Bonchev–Trinajstić information content (AvgIpc) is 2.84. The molecule has 0 unspecified atom stereocenters. The van der Waals surface area contributed by atoms with Crippen LogP contribution < -0.4 is 4.74 Å². The lowest BCUT2D eigenvalue weighted by Gasteiger charge is -2.10. The fourth-order valence-electron chi connectivity index (χ4n) is 2.53. The summed E-state index contributed by atoms with van der Waals surface area (Å²) in [7, 11) is 0. The highest BCUT2D eigenvalue weighted by atomic mass is 35.5. The summed E-state index contributed by atoms with van der Waals surface area (Å²) < 4.78 is 21.7. The largest absolute Gasteiger partial charge is 0.487 e. The van der Waals surface area contributed by atoms with E-state index in [9.17, 15) is 4.39 Å². The van der Waals surface area contributed by atoms with E-state index >= 15 is 0 Å². The van der Waals surface area contributed by atoms with Crippen molar-refractivity contribution in [3.63, 3.8) is 0 Å². The molecule has 0 aliphatic rings. The Morgan fingerprint density at radius 2 is 1.95 bits per heavy atom. The van der Waals surface area contributed by atoms with Crippen LogP contribution >= 0.6 is 11.6 Å². The lowest BCUT2D eigenvalue weighted by Crippen LogP contribution is -2.05. The second-order valence-corrected chi connectivity index (χ2v) is 5.24. The number of hydrogen-bond acceptors (Lipinski definition) is 1. The zero-order valence-electron chi connectivity index (χ0n) is 11.6. The second kappa shape index (κ2) is 5.78. The molecule has 0 amide bonds. The molecule has 21 heavy (non-hydrogen) atoms. The molecule has 1 aromatic heterocycles. The maximum absolute atomic E-state index is 14.0. The predicted molar refractivity (Wildman–Crippen MR) is 83.4 cm³/mol. The van der Waals surface area contributed by atoms with E-state index < -0.39 is 0 Å². The summed E-state index contributed by atoms with van der Waals surface area (Å²) in [5.74, 6) is 0.499. The molecule has 2 nitrogen and oxygen atoms in total. The monoisotopic (exact) mass is 303 g/mol. The molecule has 3 aromatic rings. The van der Waals surface area contributed by atoms with Crippen molar-refractivity contribution in [2.24, 2.45) is 0 Å². The summed E-state index contributed by atoms with van der Waals surface area (Å²) in [6.45, 7) is 3.07. The molecule has 4 heteroatoms. The van der Waals surface area contributed by atoms with Gasteiger partial charge in [-0.2, -0.15) is 0 Å². The molecule has 108 valence electrons. The smallest absolute Gasteiger partial charge is 0.147 e. The van der Waals surface area contributed by atoms with E-state index in [0.29, 0.717) is 29.4 Å². The van der Waals surface area contributed by atoms with Gasteiger partial charge in [0, 0.05) is 17.0 Å². The topological polar surface area (TPSA) is 14.2 Å². The molecule has 0 saturated heterocycles. The van der Waals surface area contributed by atoms with Gasteiger partial charge in [-0.1, -0.05) is 29.8 Å². The highest BCUT2D eigenvalue weighted by molar-refractivity contribution is 6.30. The lowest BCUT2D eigenvalue weighted by atomic mass is 10.2. The SMILES string of the molecule is CCn1c(COc2cccc(Cl)c2)cc2cccc(F)c21. The van der Waals surface area contributed by atoms with Crippen LogP contribution in [0.3, 0.4) is 0 Å². The van der Waals surface area contributed by atoms with Gasteiger partial charge in [-0.05, 0) is 37.3 Å². The molecule has 0 aliphatic heterocycles. The number of ether oxygens (including phenoxy) is 1. The predicted octanol–water partition coefficient (Wildman–Crippen LogP) is 5.03. The number of fused-ring (bicyclic) bond motifs is 1. The van der Waals surface area contributed by atoms with Gasteiger partial charge in [-0.15, -0.1) is 0 Å². The Hall–Kier alpha value is -2.00. The highest BCUT2D eigenvalue weighted by Crippen LogP contribution is 2.24. The summed E-state index contributed by atoms with van der Waals surface area (Å²) in [5, 5.41) is 1.52. The Kier molecular flexibility index (Phi) is 3.84. The van der Waals surface area contributed by atoms with Crippen molar-refractivity contribution in [3.05, 3.63) is 65.1 Å². The molecule has 1 heterocycles. The maximum Gasteiger partial charge on any atom is 0.147 e. The molecule has 2 aromatic carbocycles. The average molecular weight is 304 g/mol. The molecule has 0 saturated carbocycles. The number of hydrogen-bond donors (Lipinski definition) is 0. The molecule has 0 N–H and O–H groups in total. The van der Waals surface area contributed by atoms with Crippen molar-refractivity contribution in [2.75, 3.05) is 0 Å². The molecule has 0 radical (unpaired) electrons. The van der Waals surface area contributed by atoms with Crippen LogP contribution in [0.25, 0.3) is 10.9 Å². The molecule has 0 aliphatic carbocycles. The van der Waals surface area contributed by atoms with Crippen LogP contribution in [-0.4, -0.2) is 4.57 Å². The van der Waals surface area contributed by atoms with Gasteiger partial charge in [0.25, 0.3) is 0 Å². The Labute approximate surface area is 127 Å². The fourth-order valence-corrected chi connectivity index (χ4v) is 2.71. The van der Waals surface area contributed by atoms with Crippen LogP contribution in [0, 0.1) is 5.82 Å². The van der Waals surface area contributed by atoms with Crippen LogP contribution in [0.2, 0.25) is 5.02 Å². The fraction of sp³-hybridized carbons (Fsp3) is 0.176. The third kappa shape index (κ3) is 2.74. The summed E-state index contributed by atoms with van der Waals surface area (Å²) in [4.78, 5) is 0. The molecule has 0 fully saturated rings. The van der Waals surface area contributed by atoms with E-state index in [2.05, 4.69) is 0 Å². The van der Waals surface area contributed by atoms with Crippen molar-refractivity contribution >= 4 is 22.5 Å². The first-order chi connectivity index (χ1) is 10.2. The molecule has 3 rings (SSSR count). The molecular weight excluding hydrogens is 289 g/mol. The minimum atomic E-state index is -0.205. The zero-order chi connectivity index (χ0) is 14.8. The standard InChI is InChI=1S/C17H15ClFNO/c1-2-20-14(9-12-5-3-8-16(19)17(12)20)11-21-15-7-4-6-13(18)10-15/h3-10H,2,11H2,1H3. The summed E-state index contributed by atoms with van der Waals surface area (Å²) in [6, 6.07) is 14.3. The van der Waals surface area contributed by atoms with E-state index in [1.54, 1.807) is 18.2 Å². The van der Waals surface area contributed by atoms with E-state index in [-0.39, 0.29) is 5.82 Å². The number of rotatable bonds is 4. The van der Waals surface area contributed by atoms with E-state index in [1.807, 2.05) is 35.8 Å². The number of para-hydroxylation sites is 1. The highest BCUT2D eigenvalue weighted by Gasteiger charge is 2.11. The number of nitrogens with zero attached hydrogens (tertiary/aromatic N) is 1. The number of benzene rings is 2. The van der Waals surface area contributed by atoms with Gasteiger partial charge in [0.05, 0.1) is 11.2 Å². The number of halogens is 2. The molecular formula is C17H15ClFNO. The first-order valence-corrected chi connectivity index (χ1v) is 7.22. The van der Waals surface area contributed by atoms with Gasteiger partial charge in [-0.3, -0.25) is 0 Å². The minimum absolute atomic E-state index is 0.205. The van der Waals surface area contributed by atoms with Crippen molar-refractivity contribution in [3.8, 4) is 5.75 Å². The van der Waals surface area contributed by atoms with Crippen molar-refractivity contribution in [1.82, 2.24) is 4.57 Å². The van der Waals surface area contributed by atoms with E-state index in [1.165, 1.54) is 6.07 Å². The van der Waals surface area contributed by atoms with Gasteiger partial charge in [0.1, 0.15) is 18.2 Å². The molecule has 0 atom stereocenters. The molecule has 0 bridgehead atoms. The first-order valence-electron chi connectivity index (χ1n) is 6.84. The van der Waals surface area contributed by atoms with E-state index in [4.69, 9.17) is 16.3 Å². The van der Waals surface area contributed by atoms with Gasteiger partial charge in [-0.25, -0.2) is 4.39 Å². The van der Waals surface area contributed by atoms with Crippen LogP contribution in [0.4, 0.5) is 4.39 Å². The van der Waals surface area contributed by atoms with E-state index in [0.717, 1.165) is 11.1 Å². The summed E-state index contributed by atoms with van der Waals surface area (Å²) >= 11 is 5.94. The van der Waals surface area contributed by atoms with Crippen LogP contribution in [-0.2, 0) is 13.2 Å². The Morgan fingerprint density at radius 1 is 1.14 bits per heavy atom. The number of aromatic nitrogens is 1. The van der Waals surface area contributed by atoms with Crippen LogP contribution in [0.15, 0.2) is 48.5 Å². The Balaban J connectivity index is 1.92. The van der Waals surface area contributed by atoms with Crippen molar-refractivity contribution in [2.45, 2.75) is 20.1 Å². The minimum Gasteiger partial charge on any atom is -0.487 e. The van der Waals surface area contributed by atoms with Gasteiger partial charge < -0.3 is 9.30 Å². The quantitative estimate of drug-likeness (QED) is 0.659. The lowest BCUT2D eigenvalue weighted by molar-refractivity contribution is 0.296. The van der Waals surface area contributed by atoms with Crippen molar-refractivity contribution in [1.29, 1.82) is 0 Å². The van der Waals surface area contributed by atoms with Crippen LogP contribution in [0.1, 0.15) is 12.6 Å². The third-order valence-electron chi connectivity index (χ3n) is 3.46. The van der Waals surface area contributed by atoms with Gasteiger partial charge in [0.2, 0.25) is 0 Å². The van der Waals surface area contributed by atoms with Gasteiger partial charge >= 0.3 is 0 Å².